The van der Waals surface area contributed by atoms with E-state index in [0.29, 0.717) is 29.7 Å². The fraction of sp³-hybridized carbons (Fsp3) is 0.400. The first-order chi connectivity index (χ1) is 11.1. The first-order valence-electron chi connectivity index (χ1n) is 7.10. The number of benzene rings is 1. The van der Waals surface area contributed by atoms with Crippen molar-refractivity contribution >= 4 is 28.6 Å². The van der Waals surface area contributed by atoms with Crippen LogP contribution in [0.4, 0.5) is 0 Å². The van der Waals surface area contributed by atoms with Crippen molar-refractivity contribution in [1.29, 1.82) is 0 Å². The van der Waals surface area contributed by atoms with Crippen LogP contribution in [-0.4, -0.2) is 48.8 Å². The minimum Gasteiger partial charge on any atom is -0.497 e. The Balaban J connectivity index is 1.80. The first-order valence-corrected chi connectivity index (χ1v) is 7.47. The predicted octanol–water partition coefficient (Wildman–Crippen LogP) is 1.57. The van der Waals surface area contributed by atoms with E-state index in [0.717, 1.165) is 0 Å². The minimum atomic E-state index is -0.378. The van der Waals surface area contributed by atoms with Gasteiger partial charge in [-0.15, -0.1) is 0 Å². The maximum Gasteiger partial charge on any atom is 0.323 e. The highest BCUT2D eigenvalue weighted by atomic mass is 35.5. The highest BCUT2D eigenvalue weighted by Crippen LogP contribution is 2.27. The zero-order valence-electron chi connectivity index (χ0n) is 12.7. The molecular weight excluding hydrogens is 322 g/mol. The maximum atomic E-state index is 11.5. The molecule has 2 atom stereocenters. The molecule has 0 saturated carbocycles. The number of hydrogen-bond donors (Lipinski definition) is 1. The van der Waals surface area contributed by atoms with Gasteiger partial charge in [0.05, 0.1) is 25.3 Å². The van der Waals surface area contributed by atoms with E-state index in [1.54, 1.807) is 25.3 Å². The number of methoxy groups -OCH3 is 2. The number of nitrogens with one attached hydrogen (secondary N) is 1. The summed E-state index contributed by atoms with van der Waals surface area (Å²) in [5, 5.41) is 3.23. The van der Waals surface area contributed by atoms with Crippen molar-refractivity contribution in [3.05, 3.63) is 23.4 Å². The fourth-order valence-corrected chi connectivity index (χ4v) is 2.65. The van der Waals surface area contributed by atoms with E-state index >= 15 is 0 Å². The SMILES string of the molecule is COC(=O)[C@@H]1CC(Oc2nc3cc(OC)ccc3nc2Cl)CN1. The van der Waals surface area contributed by atoms with Crippen molar-refractivity contribution in [3.8, 4) is 11.6 Å². The minimum absolute atomic E-state index is 0.184. The summed E-state index contributed by atoms with van der Waals surface area (Å²) in [6, 6.07) is 4.95. The summed E-state index contributed by atoms with van der Waals surface area (Å²) in [5.41, 5.74) is 1.28. The lowest BCUT2D eigenvalue weighted by Gasteiger charge is -2.13. The zero-order chi connectivity index (χ0) is 16.4. The van der Waals surface area contributed by atoms with E-state index in [9.17, 15) is 4.79 Å². The summed E-state index contributed by atoms with van der Waals surface area (Å²) in [4.78, 5) is 20.2. The summed E-state index contributed by atoms with van der Waals surface area (Å²) in [6.45, 7) is 0.508. The molecule has 1 aromatic heterocycles. The van der Waals surface area contributed by atoms with Crippen molar-refractivity contribution in [2.45, 2.75) is 18.6 Å². The number of carbonyl (C=O) groups is 1. The quantitative estimate of drug-likeness (QED) is 0.848. The molecule has 122 valence electrons. The van der Waals surface area contributed by atoms with Gasteiger partial charge in [0.1, 0.15) is 17.9 Å². The lowest BCUT2D eigenvalue weighted by Crippen LogP contribution is -2.31. The molecule has 3 rings (SSSR count). The molecule has 0 bridgehead atoms. The summed E-state index contributed by atoms with van der Waals surface area (Å²) in [7, 11) is 2.94. The highest BCUT2D eigenvalue weighted by molar-refractivity contribution is 6.31. The van der Waals surface area contributed by atoms with Gasteiger partial charge < -0.3 is 19.5 Å². The van der Waals surface area contributed by atoms with Gasteiger partial charge in [-0.05, 0) is 12.1 Å². The lowest BCUT2D eigenvalue weighted by atomic mass is 10.2. The zero-order valence-corrected chi connectivity index (χ0v) is 13.5. The van der Waals surface area contributed by atoms with Crippen LogP contribution in [0, 0.1) is 0 Å². The van der Waals surface area contributed by atoms with Crippen LogP contribution in [0.3, 0.4) is 0 Å². The molecule has 1 N–H and O–H groups in total. The summed E-state index contributed by atoms with van der Waals surface area (Å²) >= 11 is 6.14. The predicted molar refractivity (Wildman–Crippen MR) is 83.9 cm³/mol. The maximum absolute atomic E-state index is 11.5. The number of fused-ring (bicyclic) bond motifs is 1. The molecule has 0 aliphatic carbocycles. The van der Waals surface area contributed by atoms with E-state index < -0.39 is 0 Å². The van der Waals surface area contributed by atoms with Gasteiger partial charge in [-0.2, -0.15) is 0 Å². The molecule has 1 unspecified atom stereocenters. The van der Waals surface area contributed by atoms with Crippen molar-refractivity contribution in [2.75, 3.05) is 20.8 Å². The van der Waals surface area contributed by atoms with E-state index in [1.165, 1.54) is 7.11 Å². The van der Waals surface area contributed by atoms with Crippen molar-refractivity contribution in [3.63, 3.8) is 0 Å². The number of ether oxygens (including phenoxy) is 3. The second-order valence-electron chi connectivity index (χ2n) is 5.13. The molecule has 1 saturated heterocycles. The Bertz CT molecular complexity index is 740. The second kappa shape index (κ2) is 6.55. The fourth-order valence-electron chi connectivity index (χ4n) is 2.47. The third kappa shape index (κ3) is 3.30. The van der Waals surface area contributed by atoms with Crippen LogP contribution in [0.25, 0.3) is 11.0 Å². The molecule has 1 aliphatic rings. The van der Waals surface area contributed by atoms with Gasteiger partial charge in [0.25, 0.3) is 5.88 Å². The number of rotatable bonds is 4. The Kier molecular flexibility index (Phi) is 4.49. The highest BCUT2D eigenvalue weighted by Gasteiger charge is 2.32. The van der Waals surface area contributed by atoms with Gasteiger partial charge in [-0.3, -0.25) is 4.79 Å². The van der Waals surface area contributed by atoms with E-state index in [1.807, 2.05) is 0 Å². The van der Waals surface area contributed by atoms with Crippen molar-refractivity contribution < 1.29 is 19.0 Å². The number of carbonyl (C=O) groups excluding carboxylic acids is 1. The van der Waals surface area contributed by atoms with Crippen LogP contribution < -0.4 is 14.8 Å². The summed E-state index contributed by atoms with van der Waals surface area (Å²) < 4.78 is 15.7. The van der Waals surface area contributed by atoms with Gasteiger partial charge in [-0.1, -0.05) is 11.6 Å². The Hall–Kier alpha value is -2.12. The van der Waals surface area contributed by atoms with Crippen molar-refractivity contribution in [2.24, 2.45) is 0 Å². The number of halogens is 1. The van der Waals surface area contributed by atoms with Gasteiger partial charge >= 0.3 is 5.97 Å². The van der Waals surface area contributed by atoms with Crippen molar-refractivity contribution in [1.82, 2.24) is 15.3 Å². The van der Waals surface area contributed by atoms with Gasteiger partial charge in [-0.25, -0.2) is 9.97 Å². The molecule has 0 radical (unpaired) electrons. The number of aromatic nitrogens is 2. The van der Waals surface area contributed by atoms with Crippen LogP contribution in [0.2, 0.25) is 5.15 Å². The molecular formula is C15H16ClN3O4. The standard InChI is InChI=1S/C15H16ClN3O4/c1-21-8-3-4-10-11(5-8)19-14(13(16)18-10)23-9-6-12(17-7-9)15(20)22-2/h3-5,9,12,17H,6-7H2,1-2H3/t9?,12-/m0/s1. The normalized spacial score (nSPS) is 20.5. The van der Waals surface area contributed by atoms with E-state index in [4.69, 9.17) is 25.8 Å². The molecule has 23 heavy (non-hydrogen) atoms. The van der Waals surface area contributed by atoms with Crippen LogP contribution in [0.15, 0.2) is 18.2 Å². The third-order valence-electron chi connectivity index (χ3n) is 3.65. The topological polar surface area (TPSA) is 82.6 Å². The van der Waals surface area contributed by atoms with Gasteiger partial charge in [0.15, 0.2) is 5.15 Å². The second-order valence-corrected chi connectivity index (χ2v) is 5.49. The molecule has 2 aromatic rings. The molecule has 0 spiro atoms. The molecule has 2 heterocycles. The average Bonchev–Trinajstić information content (AvgIpc) is 3.03. The largest absolute Gasteiger partial charge is 0.497 e. The summed E-state index contributed by atoms with van der Waals surface area (Å²) in [5.74, 6) is 0.606. The average molecular weight is 338 g/mol. The number of nitrogens with zero attached hydrogens (tertiary/aromatic N) is 2. The Morgan fingerprint density at radius 3 is 2.87 bits per heavy atom. The van der Waals surface area contributed by atoms with Crippen LogP contribution in [0.5, 0.6) is 11.6 Å². The Morgan fingerprint density at radius 1 is 1.30 bits per heavy atom. The summed E-state index contributed by atoms with van der Waals surface area (Å²) in [6.07, 6.45) is 0.259. The molecule has 1 fully saturated rings. The third-order valence-corrected chi connectivity index (χ3v) is 3.90. The molecule has 8 heteroatoms. The smallest absolute Gasteiger partial charge is 0.323 e. The Morgan fingerprint density at radius 2 is 2.13 bits per heavy atom. The molecule has 7 nitrogen and oxygen atoms in total. The number of esters is 1. The molecule has 1 aliphatic heterocycles. The van der Waals surface area contributed by atoms with Crippen LogP contribution >= 0.6 is 11.6 Å². The van der Waals surface area contributed by atoms with E-state index in [2.05, 4.69) is 15.3 Å². The molecule has 0 amide bonds. The van der Waals surface area contributed by atoms with Crippen LogP contribution in [-0.2, 0) is 9.53 Å². The monoisotopic (exact) mass is 337 g/mol. The van der Waals surface area contributed by atoms with Gasteiger partial charge in [0, 0.05) is 19.0 Å². The Labute approximate surface area is 137 Å². The van der Waals surface area contributed by atoms with Crippen LogP contribution in [0.1, 0.15) is 6.42 Å². The first kappa shape index (κ1) is 15.8. The van der Waals surface area contributed by atoms with E-state index in [-0.39, 0.29) is 29.1 Å². The number of hydrogen-bond acceptors (Lipinski definition) is 7. The van der Waals surface area contributed by atoms with Gasteiger partial charge in [0.2, 0.25) is 0 Å². The lowest BCUT2D eigenvalue weighted by molar-refractivity contribution is -0.142. The molecule has 1 aromatic carbocycles.